The first-order valence-electron chi connectivity index (χ1n) is 5.40. The van der Waals surface area contributed by atoms with Crippen molar-refractivity contribution in [1.82, 2.24) is 5.32 Å². The van der Waals surface area contributed by atoms with Crippen molar-refractivity contribution in [3.05, 3.63) is 0 Å². The second-order valence-electron chi connectivity index (χ2n) is 4.49. The third kappa shape index (κ3) is 5.70. The summed E-state index contributed by atoms with van der Waals surface area (Å²) < 4.78 is 5.14. The predicted molar refractivity (Wildman–Crippen MR) is 60.1 cm³/mol. The quantitative estimate of drug-likeness (QED) is 0.686. The van der Waals surface area contributed by atoms with Crippen molar-refractivity contribution in [3.8, 4) is 0 Å². The van der Waals surface area contributed by atoms with Gasteiger partial charge in [0.2, 0.25) is 5.91 Å². The van der Waals surface area contributed by atoms with Crippen molar-refractivity contribution >= 4 is 11.9 Å². The van der Waals surface area contributed by atoms with Crippen LogP contribution in [0.5, 0.6) is 0 Å². The molecule has 0 saturated carbocycles. The molecular weight excluding hydrogens is 210 g/mol. The van der Waals surface area contributed by atoms with Gasteiger partial charge in [0.1, 0.15) is 0 Å². The molecule has 0 heterocycles. The van der Waals surface area contributed by atoms with Gasteiger partial charge in [-0.1, -0.05) is 0 Å². The zero-order valence-corrected chi connectivity index (χ0v) is 10.4. The summed E-state index contributed by atoms with van der Waals surface area (Å²) in [5.74, 6) is -1.24. The molecule has 0 aromatic carbocycles. The number of rotatable bonds is 7. The highest BCUT2D eigenvalue weighted by molar-refractivity contribution is 5.84. The van der Waals surface area contributed by atoms with E-state index in [2.05, 4.69) is 5.32 Å². The standard InChI is InChI=1S/C11H21NO4/c1-5-16-7-8(2)12-9(13)6-11(3,4)10(14)15/h8H,5-7H2,1-4H3,(H,12,13)(H,14,15). The van der Waals surface area contributed by atoms with Crippen LogP contribution < -0.4 is 5.32 Å². The van der Waals surface area contributed by atoms with E-state index in [4.69, 9.17) is 9.84 Å². The summed E-state index contributed by atoms with van der Waals surface area (Å²) in [6.45, 7) is 7.80. The van der Waals surface area contributed by atoms with Crippen LogP contribution in [0.1, 0.15) is 34.1 Å². The Hall–Kier alpha value is -1.10. The predicted octanol–water partition coefficient (Wildman–Crippen LogP) is 1.03. The van der Waals surface area contributed by atoms with E-state index in [1.54, 1.807) is 0 Å². The summed E-state index contributed by atoms with van der Waals surface area (Å²) in [5, 5.41) is 11.6. The van der Waals surface area contributed by atoms with Crippen LogP contribution in [0.2, 0.25) is 0 Å². The van der Waals surface area contributed by atoms with Gasteiger partial charge in [-0.2, -0.15) is 0 Å². The molecule has 0 aliphatic carbocycles. The molecule has 1 unspecified atom stereocenters. The van der Waals surface area contributed by atoms with E-state index in [1.165, 1.54) is 13.8 Å². The lowest BCUT2D eigenvalue weighted by molar-refractivity contribution is -0.149. The topological polar surface area (TPSA) is 75.6 Å². The van der Waals surface area contributed by atoms with E-state index in [9.17, 15) is 9.59 Å². The Morgan fingerprint density at radius 3 is 2.44 bits per heavy atom. The molecule has 0 rings (SSSR count). The van der Waals surface area contributed by atoms with Gasteiger partial charge in [0.15, 0.2) is 0 Å². The molecular formula is C11H21NO4. The lowest BCUT2D eigenvalue weighted by Crippen LogP contribution is -2.39. The van der Waals surface area contributed by atoms with Crippen LogP contribution in [0.3, 0.4) is 0 Å². The molecule has 5 nitrogen and oxygen atoms in total. The number of carboxylic acids is 1. The average Bonchev–Trinajstić information content (AvgIpc) is 2.13. The smallest absolute Gasteiger partial charge is 0.309 e. The summed E-state index contributed by atoms with van der Waals surface area (Å²) in [7, 11) is 0. The number of carbonyl (C=O) groups excluding carboxylic acids is 1. The minimum Gasteiger partial charge on any atom is -0.481 e. The third-order valence-corrected chi connectivity index (χ3v) is 2.16. The molecule has 1 amide bonds. The molecule has 0 spiro atoms. The van der Waals surface area contributed by atoms with Crippen molar-refractivity contribution in [2.75, 3.05) is 13.2 Å². The fourth-order valence-corrected chi connectivity index (χ4v) is 1.14. The van der Waals surface area contributed by atoms with Crippen LogP contribution in [0.15, 0.2) is 0 Å². The van der Waals surface area contributed by atoms with Crippen LogP contribution in [-0.2, 0) is 14.3 Å². The number of hydrogen-bond acceptors (Lipinski definition) is 3. The van der Waals surface area contributed by atoms with Gasteiger partial charge < -0.3 is 15.2 Å². The fourth-order valence-electron chi connectivity index (χ4n) is 1.14. The van der Waals surface area contributed by atoms with Gasteiger partial charge in [0.05, 0.1) is 12.0 Å². The SMILES string of the molecule is CCOCC(C)NC(=O)CC(C)(C)C(=O)O. The molecule has 1 atom stereocenters. The summed E-state index contributed by atoms with van der Waals surface area (Å²) in [6, 6.07) is -0.1000. The first-order valence-corrected chi connectivity index (χ1v) is 5.40. The van der Waals surface area contributed by atoms with E-state index >= 15 is 0 Å². The van der Waals surface area contributed by atoms with Crippen LogP contribution in [0.4, 0.5) is 0 Å². The lowest BCUT2D eigenvalue weighted by Gasteiger charge is -2.20. The summed E-state index contributed by atoms with van der Waals surface area (Å²) in [5.41, 5.74) is -1.03. The maximum absolute atomic E-state index is 11.5. The Kier molecular flexibility index (Phi) is 6.03. The van der Waals surface area contributed by atoms with Gasteiger partial charge in [-0.05, 0) is 27.7 Å². The first kappa shape index (κ1) is 14.9. The number of carbonyl (C=O) groups is 2. The molecule has 0 radical (unpaired) electrons. The highest BCUT2D eigenvalue weighted by Crippen LogP contribution is 2.20. The van der Waals surface area contributed by atoms with Gasteiger partial charge in [0, 0.05) is 19.1 Å². The van der Waals surface area contributed by atoms with Crippen LogP contribution in [0.25, 0.3) is 0 Å². The average molecular weight is 231 g/mol. The maximum atomic E-state index is 11.5. The number of amides is 1. The summed E-state index contributed by atoms with van der Waals surface area (Å²) in [4.78, 5) is 22.3. The Morgan fingerprint density at radius 2 is 2.00 bits per heavy atom. The van der Waals surface area contributed by atoms with Crippen molar-refractivity contribution in [2.24, 2.45) is 5.41 Å². The minimum atomic E-state index is -1.03. The molecule has 0 aliphatic heterocycles. The Balaban J connectivity index is 4.03. The third-order valence-electron chi connectivity index (χ3n) is 2.16. The van der Waals surface area contributed by atoms with Gasteiger partial charge in [-0.15, -0.1) is 0 Å². The van der Waals surface area contributed by atoms with Crippen LogP contribution in [0, 0.1) is 5.41 Å². The van der Waals surface area contributed by atoms with E-state index in [0.717, 1.165) is 0 Å². The van der Waals surface area contributed by atoms with Gasteiger partial charge in [-0.25, -0.2) is 0 Å². The number of ether oxygens (including phenoxy) is 1. The van der Waals surface area contributed by atoms with Crippen LogP contribution >= 0.6 is 0 Å². The Morgan fingerprint density at radius 1 is 1.44 bits per heavy atom. The molecule has 5 heteroatoms. The molecule has 0 aromatic rings. The van der Waals surface area contributed by atoms with E-state index in [0.29, 0.717) is 13.2 Å². The Labute approximate surface area is 96.2 Å². The monoisotopic (exact) mass is 231 g/mol. The summed E-state index contributed by atoms with van der Waals surface area (Å²) >= 11 is 0. The molecule has 2 N–H and O–H groups in total. The van der Waals surface area contributed by atoms with Crippen molar-refractivity contribution in [3.63, 3.8) is 0 Å². The van der Waals surface area contributed by atoms with Crippen molar-refractivity contribution < 1.29 is 19.4 Å². The van der Waals surface area contributed by atoms with E-state index in [-0.39, 0.29) is 18.4 Å². The molecule has 0 bridgehead atoms. The van der Waals surface area contributed by atoms with E-state index < -0.39 is 11.4 Å². The largest absolute Gasteiger partial charge is 0.481 e. The van der Waals surface area contributed by atoms with Crippen LogP contribution in [-0.4, -0.2) is 36.2 Å². The molecule has 0 saturated heterocycles. The molecule has 16 heavy (non-hydrogen) atoms. The molecule has 0 aromatic heterocycles. The number of nitrogens with one attached hydrogen (secondary N) is 1. The Bertz CT molecular complexity index is 250. The van der Waals surface area contributed by atoms with Crippen molar-refractivity contribution in [2.45, 2.75) is 40.2 Å². The maximum Gasteiger partial charge on any atom is 0.309 e. The fraction of sp³-hybridized carbons (Fsp3) is 0.818. The van der Waals surface area contributed by atoms with Crippen molar-refractivity contribution in [1.29, 1.82) is 0 Å². The van der Waals surface area contributed by atoms with E-state index in [1.807, 2.05) is 13.8 Å². The summed E-state index contributed by atoms with van der Waals surface area (Å²) in [6.07, 6.45) is -0.0290. The molecule has 94 valence electrons. The van der Waals surface area contributed by atoms with Gasteiger partial charge in [0.25, 0.3) is 0 Å². The lowest BCUT2D eigenvalue weighted by atomic mass is 9.89. The normalized spacial score (nSPS) is 13.2. The molecule has 0 fully saturated rings. The number of aliphatic carboxylic acids is 1. The number of hydrogen-bond donors (Lipinski definition) is 2. The molecule has 0 aliphatic rings. The zero-order valence-electron chi connectivity index (χ0n) is 10.4. The highest BCUT2D eigenvalue weighted by Gasteiger charge is 2.30. The number of carboxylic acid groups (broad SMARTS) is 1. The zero-order chi connectivity index (χ0) is 12.8. The second kappa shape index (κ2) is 6.48. The second-order valence-corrected chi connectivity index (χ2v) is 4.49. The van der Waals surface area contributed by atoms with Gasteiger partial charge >= 0.3 is 5.97 Å². The first-order chi connectivity index (χ1) is 7.29. The highest BCUT2D eigenvalue weighted by atomic mass is 16.5. The minimum absolute atomic E-state index is 0.0290. The van der Waals surface area contributed by atoms with Gasteiger partial charge in [-0.3, -0.25) is 9.59 Å².